The number of nitrogens with zero attached hydrogens (tertiary/aromatic N) is 2. The zero-order valence-electron chi connectivity index (χ0n) is 11.5. The first-order valence-corrected chi connectivity index (χ1v) is 6.60. The third-order valence-electron chi connectivity index (χ3n) is 3.66. The second-order valence-corrected chi connectivity index (χ2v) is 5.30. The van der Waals surface area contributed by atoms with Crippen LogP contribution in [0, 0.1) is 6.92 Å². The number of carbonyl (C=O) groups excluding carboxylic acids is 1. The van der Waals surface area contributed by atoms with Crippen molar-refractivity contribution in [3.05, 3.63) is 17.8 Å². The fourth-order valence-electron chi connectivity index (χ4n) is 2.50. The van der Waals surface area contributed by atoms with E-state index in [1.165, 1.54) is 11.3 Å². The van der Waals surface area contributed by atoms with Gasteiger partial charge < -0.3 is 19.7 Å². The van der Waals surface area contributed by atoms with E-state index in [2.05, 4.69) is 10.3 Å². The minimum absolute atomic E-state index is 0.206. The predicted molar refractivity (Wildman–Crippen MR) is 69.5 cm³/mol. The van der Waals surface area contributed by atoms with Gasteiger partial charge in [-0.1, -0.05) is 12.8 Å². The van der Waals surface area contributed by atoms with Crippen LogP contribution in [0.25, 0.3) is 0 Å². The molecule has 0 spiro atoms. The lowest BCUT2D eigenvalue weighted by Crippen LogP contribution is -2.46. The lowest BCUT2D eigenvalue weighted by molar-refractivity contribution is 0.0247. The highest BCUT2D eigenvalue weighted by Gasteiger charge is 2.33. The third-order valence-corrected chi connectivity index (χ3v) is 3.66. The standard InChI is InChI=1S/C13H21N3O3/c1-10-11(15-9-19-10)7-14-12(17)16(2)8-13(18)5-3-4-6-13/h9,18H,3-8H2,1-2H3,(H,14,17). The van der Waals surface area contributed by atoms with Crippen molar-refractivity contribution in [1.82, 2.24) is 15.2 Å². The SMILES string of the molecule is Cc1ocnc1CNC(=O)N(C)CC1(O)CCCC1. The van der Waals surface area contributed by atoms with E-state index >= 15 is 0 Å². The molecule has 106 valence electrons. The average molecular weight is 267 g/mol. The Kier molecular flexibility index (Phi) is 4.09. The highest BCUT2D eigenvalue weighted by molar-refractivity contribution is 5.73. The van der Waals surface area contributed by atoms with Crippen molar-refractivity contribution >= 4 is 6.03 Å². The van der Waals surface area contributed by atoms with Crippen LogP contribution < -0.4 is 5.32 Å². The molecular formula is C13H21N3O3. The number of hydrogen-bond donors (Lipinski definition) is 2. The molecule has 0 atom stereocenters. The number of urea groups is 1. The molecule has 2 rings (SSSR count). The second-order valence-electron chi connectivity index (χ2n) is 5.30. The summed E-state index contributed by atoms with van der Waals surface area (Å²) in [6.45, 7) is 2.51. The molecule has 2 amide bonds. The minimum atomic E-state index is -0.712. The van der Waals surface area contributed by atoms with Gasteiger partial charge in [0.2, 0.25) is 0 Å². The first kappa shape index (κ1) is 13.9. The van der Waals surface area contributed by atoms with Crippen LogP contribution in [0.3, 0.4) is 0 Å². The zero-order chi connectivity index (χ0) is 13.9. The molecule has 0 aliphatic heterocycles. The molecule has 1 saturated carbocycles. The first-order valence-electron chi connectivity index (χ1n) is 6.60. The summed E-state index contributed by atoms with van der Waals surface area (Å²) in [6.07, 6.45) is 4.97. The fourth-order valence-corrected chi connectivity index (χ4v) is 2.50. The van der Waals surface area contributed by atoms with E-state index in [0.717, 1.165) is 31.4 Å². The van der Waals surface area contributed by atoms with Crippen LogP contribution in [0.2, 0.25) is 0 Å². The van der Waals surface area contributed by atoms with E-state index in [9.17, 15) is 9.90 Å². The Morgan fingerprint density at radius 3 is 2.84 bits per heavy atom. The molecule has 1 fully saturated rings. The summed E-state index contributed by atoms with van der Waals surface area (Å²) in [7, 11) is 1.70. The van der Waals surface area contributed by atoms with Crippen molar-refractivity contribution < 1.29 is 14.3 Å². The molecule has 1 aliphatic carbocycles. The molecule has 0 radical (unpaired) electrons. The molecule has 6 heteroatoms. The molecule has 1 aromatic rings. The van der Waals surface area contributed by atoms with Crippen LogP contribution in [0.1, 0.15) is 37.1 Å². The Balaban J connectivity index is 1.81. The number of carbonyl (C=O) groups is 1. The number of oxazole rings is 1. The first-order chi connectivity index (χ1) is 9.00. The van der Waals surface area contributed by atoms with Crippen LogP contribution in [0.5, 0.6) is 0 Å². The smallest absolute Gasteiger partial charge is 0.317 e. The molecular weight excluding hydrogens is 246 g/mol. The number of rotatable bonds is 4. The lowest BCUT2D eigenvalue weighted by atomic mass is 10.0. The van der Waals surface area contributed by atoms with Gasteiger partial charge in [0.15, 0.2) is 6.39 Å². The number of hydrogen-bond acceptors (Lipinski definition) is 4. The molecule has 1 aliphatic rings. The van der Waals surface area contributed by atoms with Crippen molar-refractivity contribution in [2.24, 2.45) is 0 Å². The molecule has 1 aromatic heterocycles. The van der Waals surface area contributed by atoms with Gasteiger partial charge in [-0.15, -0.1) is 0 Å². The third kappa shape index (κ3) is 3.47. The van der Waals surface area contributed by atoms with Gasteiger partial charge in [-0.3, -0.25) is 0 Å². The van der Waals surface area contributed by atoms with E-state index in [4.69, 9.17) is 4.42 Å². The van der Waals surface area contributed by atoms with E-state index < -0.39 is 5.60 Å². The van der Waals surface area contributed by atoms with Gasteiger partial charge in [-0.2, -0.15) is 0 Å². The van der Waals surface area contributed by atoms with Gasteiger partial charge in [0.1, 0.15) is 11.5 Å². The maximum atomic E-state index is 11.9. The van der Waals surface area contributed by atoms with E-state index in [1.807, 2.05) is 0 Å². The maximum absolute atomic E-state index is 11.9. The van der Waals surface area contributed by atoms with E-state index in [-0.39, 0.29) is 6.03 Å². The quantitative estimate of drug-likeness (QED) is 0.865. The number of amides is 2. The average Bonchev–Trinajstić information content (AvgIpc) is 2.95. The normalized spacial score (nSPS) is 17.4. The second kappa shape index (κ2) is 5.61. The highest BCUT2D eigenvalue weighted by atomic mass is 16.3. The summed E-state index contributed by atoms with van der Waals surface area (Å²) in [5.74, 6) is 0.706. The number of likely N-dealkylation sites (N-methyl/N-ethyl adjacent to an activating group) is 1. The summed E-state index contributed by atoms with van der Waals surface area (Å²) >= 11 is 0. The Bertz CT molecular complexity index is 438. The Morgan fingerprint density at radius 2 is 2.26 bits per heavy atom. The van der Waals surface area contributed by atoms with E-state index in [0.29, 0.717) is 18.8 Å². The van der Waals surface area contributed by atoms with Gasteiger partial charge >= 0.3 is 6.03 Å². The maximum Gasteiger partial charge on any atom is 0.317 e. The van der Waals surface area contributed by atoms with E-state index in [1.54, 1.807) is 14.0 Å². The van der Waals surface area contributed by atoms with Crippen molar-refractivity contribution in [3.8, 4) is 0 Å². The molecule has 1 heterocycles. The van der Waals surface area contributed by atoms with Crippen molar-refractivity contribution in [2.45, 2.75) is 44.8 Å². The molecule has 0 aromatic carbocycles. The van der Waals surface area contributed by atoms with Crippen molar-refractivity contribution in [1.29, 1.82) is 0 Å². The highest BCUT2D eigenvalue weighted by Crippen LogP contribution is 2.29. The number of aromatic nitrogens is 1. The summed E-state index contributed by atoms with van der Waals surface area (Å²) in [6, 6.07) is -0.206. The van der Waals surface area contributed by atoms with Crippen LogP contribution in [-0.2, 0) is 6.54 Å². The number of aliphatic hydroxyl groups is 1. The molecule has 0 bridgehead atoms. The lowest BCUT2D eigenvalue weighted by Gasteiger charge is -2.28. The Morgan fingerprint density at radius 1 is 1.58 bits per heavy atom. The largest absolute Gasteiger partial charge is 0.448 e. The monoisotopic (exact) mass is 267 g/mol. The Labute approximate surface area is 112 Å². The van der Waals surface area contributed by atoms with Crippen molar-refractivity contribution in [3.63, 3.8) is 0 Å². The molecule has 0 saturated heterocycles. The Hall–Kier alpha value is -1.56. The van der Waals surface area contributed by atoms with Gasteiger partial charge in [0.05, 0.1) is 18.7 Å². The fraction of sp³-hybridized carbons (Fsp3) is 0.692. The minimum Gasteiger partial charge on any atom is -0.448 e. The van der Waals surface area contributed by atoms with Gasteiger partial charge in [-0.25, -0.2) is 9.78 Å². The van der Waals surface area contributed by atoms with Crippen LogP contribution in [0.4, 0.5) is 4.79 Å². The number of nitrogens with one attached hydrogen (secondary N) is 1. The van der Waals surface area contributed by atoms with Crippen LogP contribution in [-0.4, -0.2) is 40.2 Å². The molecule has 0 unspecified atom stereocenters. The van der Waals surface area contributed by atoms with Gasteiger partial charge in [0, 0.05) is 7.05 Å². The van der Waals surface area contributed by atoms with Crippen LogP contribution in [0.15, 0.2) is 10.8 Å². The van der Waals surface area contributed by atoms with Crippen molar-refractivity contribution in [2.75, 3.05) is 13.6 Å². The summed E-state index contributed by atoms with van der Waals surface area (Å²) in [5, 5.41) is 13.0. The zero-order valence-corrected chi connectivity index (χ0v) is 11.5. The molecule has 6 nitrogen and oxygen atoms in total. The topological polar surface area (TPSA) is 78.6 Å². The predicted octanol–water partition coefficient (Wildman–Crippen LogP) is 1.43. The molecule has 19 heavy (non-hydrogen) atoms. The molecule has 2 N–H and O–H groups in total. The summed E-state index contributed by atoms with van der Waals surface area (Å²) in [5.41, 5.74) is 0.0110. The summed E-state index contributed by atoms with van der Waals surface area (Å²) in [4.78, 5) is 17.5. The summed E-state index contributed by atoms with van der Waals surface area (Å²) < 4.78 is 5.06. The number of aryl methyl sites for hydroxylation is 1. The van der Waals surface area contributed by atoms with Gasteiger partial charge in [-0.05, 0) is 19.8 Å². The van der Waals surface area contributed by atoms with Gasteiger partial charge in [0.25, 0.3) is 0 Å². The van der Waals surface area contributed by atoms with Crippen LogP contribution >= 0.6 is 0 Å².